The monoisotopic (exact) mass is 363 g/mol. The highest BCUT2D eigenvalue weighted by atomic mass is 19.4. The average Bonchev–Trinajstić information content (AvgIpc) is 3.30. The fraction of sp³-hybridized carbons (Fsp3) is 0.875. The summed E-state index contributed by atoms with van der Waals surface area (Å²) in [6, 6.07) is -2.69. The van der Waals surface area contributed by atoms with Crippen LogP contribution in [0.4, 0.5) is 18.0 Å². The first-order valence-corrected chi connectivity index (χ1v) is 8.82. The summed E-state index contributed by atoms with van der Waals surface area (Å²) >= 11 is 0. The summed E-state index contributed by atoms with van der Waals surface area (Å²) in [6.45, 7) is 0.714. The Morgan fingerprint density at radius 3 is 2.28 bits per heavy atom. The Hall–Kier alpha value is -1.51. The molecule has 0 heterocycles. The van der Waals surface area contributed by atoms with Gasteiger partial charge in [-0.3, -0.25) is 9.69 Å². The van der Waals surface area contributed by atoms with Crippen LogP contribution in [0.2, 0.25) is 0 Å². The maximum atomic E-state index is 12.9. The summed E-state index contributed by atoms with van der Waals surface area (Å²) in [5, 5.41) is 13.6. The van der Waals surface area contributed by atoms with Crippen LogP contribution in [-0.2, 0) is 4.79 Å². The van der Waals surface area contributed by atoms with Crippen LogP contribution in [0.25, 0.3) is 0 Å². The van der Waals surface area contributed by atoms with E-state index < -0.39 is 30.1 Å². The predicted octanol–water partition coefficient (Wildman–Crippen LogP) is 1.95. The van der Waals surface area contributed by atoms with Gasteiger partial charge in [0.1, 0.15) is 6.04 Å². The number of nitrogens with zero attached hydrogens (tertiary/aromatic N) is 1. The molecule has 0 aromatic carbocycles. The number of nitrogens with one attached hydrogen (secondary N) is 2. The third-order valence-corrected chi connectivity index (χ3v) is 5.23. The molecule has 0 spiro atoms. The standard InChI is InChI=1S/C16H24F3N3O3/c17-16(18,19)14(10-3-4-10)21-15(25)20-11-5-12(6-11)22(8-13(23)24)7-9-1-2-9/h9-12,14H,1-8H2,(H,23,24)(H2,20,21,25). The lowest BCUT2D eigenvalue weighted by molar-refractivity contribution is -0.157. The number of hydrogen-bond acceptors (Lipinski definition) is 3. The number of carboxylic acids is 1. The van der Waals surface area contributed by atoms with Gasteiger partial charge in [0, 0.05) is 18.6 Å². The van der Waals surface area contributed by atoms with Gasteiger partial charge in [-0.15, -0.1) is 0 Å². The number of hydrogen-bond donors (Lipinski definition) is 3. The van der Waals surface area contributed by atoms with Crippen LogP contribution in [0.3, 0.4) is 0 Å². The molecule has 3 saturated carbocycles. The lowest BCUT2D eigenvalue weighted by Crippen LogP contribution is -2.59. The molecule has 0 aromatic heterocycles. The van der Waals surface area contributed by atoms with Gasteiger partial charge in [-0.05, 0) is 50.4 Å². The minimum absolute atomic E-state index is 0.0299. The van der Waals surface area contributed by atoms with Crippen molar-refractivity contribution < 1.29 is 27.9 Å². The van der Waals surface area contributed by atoms with Crippen LogP contribution in [-0.4, -0.2) is 59.4 Å². The maximum Gasteiger partial charge on any atom is 0.408 e. The van der Waals surface area contributed by atoms with E-state index in [0.29, 0.717) is 31.6 Å². The van der Waals surface area contributed by atoms with E-state index in [1.165, 1.54) is 0 Å². The molecule has 0 aliphatic heterocycles. The Morgan fingerprint density at radius 1 is 1.16 bits per heavy atom. The second-order valence-corrected chi connectivity index (χ2v) is 7.56. The summed E-state index contributed by atoms with van der Waals surface area (Å²) in [5.41, 5.74) is 0. The zero-order valence-corrected chi connectivity index (χ0v) is 13.9. The summed E-state index contributed by atoms with van der Waals surface area (Å²) in [5.74, 6) is -0.836. The van der Waals surface area contributed by atoms with Crippen molar-refractivity contribution in [2.24, 2.45) is 11.8 Å². The lowest BCUT2D eigenvalue weighted by Gasteiger charge is -2.42. The van der Waals surface area contributed by atoms with Crippen molar-refractivity contribution >= 4 is 12.0 Å². The van der Waals surface area contributed by atoms with Crippen LogP contribution < -0.4 is 10.6 Å². The minimum atomic E-state index is -4.43. The number of halogens is 3. The molecule has 1 atom stereocenters. The van der Waals surface area contributed by atoms with Gasteiger partial charge in [0.15, 0.2) is 0 Å². The molecule has 0 bridgehead atoms. The molecule has 3 aliphatic carbocycles. The number of amides is 2. The summed E-state index contributed by atoms with van der Waals surface area (Å²) in [4.78, 5) is 24.7. The number of aliphatic carboxylic acids is 1. The Kier molecular flexibility index (Phi) is 5.13. The van der Waals surface area contributed by atoms with Crippen LogP contribution in [0, 0.1) is 11.8 Å². The highest BCUT2D eigenvalue weighted by Gasteiger charge is 2.50. The summed E-state index contributed by atoms with van der Waals surface area (Å²) in [7, 11) is 0. The van der Waals surface area contributed by atoms with Crippen molar-refractivity contribution in [2.75, 3.05) is 13.1 Å². The number of carbonyl (C=O) groups is 2. The number of rotatable bonds is 8. The molecule has 1 unspecified atom stereocenters. The van der Waals surface area contributed by atoms with E-state index in [1.807, 2.05) is 4.90 Å². The molecular formula is C16H24F3N3O3. The fourth-order valence-corrected chi connectivity index (χ4v) is 3.42. The number of alkyl halides is 3. The van der Waals surface area contributed by atoms with Crippen LogP contribution in [0.1, 0.15) is 38.5 Å². The van der Waals surface area contributed by atoms with Gasteiger partial charge < -0.3 is 15.7 Å². The van der Waals surface area contributed by atoms with Crippen molar-refractivity contribution in [3.05, 3.63) is 0 Å². The van der Waals surface area contributed by atoms with E-state index in [-0.39, 0.29) is 18.6 Å². The molecule has 2 amide bonds. The van der Waals surface area contributed by atoms with Gasteiger partial charge in [0.2, 0.25) is 0 Å². The maximum absolute atomic E-state index is 12.9. The molecular weight excluding hydrogens is 339 g/mol. The first kappa shape index (κ1) is 18.3. The molecule has 3 fully saturated rings. The van der Waals surface area contributed by atoms with Gasteiger partial charge in [-0.25, -0.2) is 4.79 Å². The number of carboxylic acid groups (broad SMARTS) is 1. The highest BCUT2D eigenvalue weighted by Crippen LogP contribution is 2.40. The molecule has 142 valence electrons. The van der Waals surface area contributed by atoms with Crippen molar-refractivity contribution in [2.45, 2.75) is 62.8 Å². The van der Waals surface area contributed by atoms with E-state index in [0.717, 1.165) is 19.4 Å². The Morgan fingerprint density at radius 2 is 1.80 bits per heavy atom. The Bertz CT molecular complexity index is 514. The first-order valence-electron chi connectivity index (χ1n) is 8.82. The third kappa shape index (κ3) is 5.23. The van der Waals surface area contributed by atoms with Gasteiger partial charge in [0.05, 0.1) is 6.54 Å². The van der Waals surface area contributed by atoms with Gasteiger partial charge in [0.25, 0.3) is 0 Å². The van der Waals surface area contributed by atoms with Crippen molar-refractivity contribution in [3.63, 3.8) is 0 Å². The van der Waals surface area contributed by atoms with E-state index in [2.05, 4.69) is 10.6 Å². The largest absolute Gasteiger partial charge is 0.480 e. The molecule has 9 heteroatoms. The van der Waals surface area contributed by atoms with Crippen LogP contribution in [0.15, 0.2) is 0 Å². The first-order chi connectivity index (χ1) is 11.7. The second-order valence-electron chi connectivity index (χ2n) is 7.56. The molecule has 3 rings (SSSR count). The normalized spacial score (nSPS) is 27.5. The summed E-state index contributed by atoms with van der Waals surface area (Å²) in [6.07, 6.45) is -0.0628. The minimum Gasteiger partial charge on any atom is -0.480 e. The molecule has 0 saturated heterocycles. The zero-order chi connectivity index (χ0) is 18.2. The predicted molar refractivity (Wildman–Crippen MR) is 83.0 cm³/mol. The molecule has 0 aromatic rings. The van der Waals surface area contributed by atoms with Crippen LogP contribution >= 0.6 is 0 Å². The topological polar surface area (TPSA) is 81.7 Å². The molecule has 6 nitrogen and oxygen atoms in total. The van der Waals surface area contributed by atoms with E-state index in [9.17, 15) is 22.8 Å². The highest BCUT2D eigenvalue weighted by molar-refractivity contribution is 5.75. The SMILES string of the molecule is O=C(O)CN(CC1CC1)C1CC(NC(=O)NC(C2CC2)C(F)(F)F)C1. The Labute approximate surface area is 144 Å². The zero-order valence-electron chi connectivity index (χ0n) is 13.9. The third-order valence-electron chi connectivity index (χ3n) is 5.23. The van der Waals surface area contributed by atoms with Crippen molar-refractivity contribution in [3.8, 4) is 0 Å². The van der Waals surface area contributed by atoms with Gasteiger partial charge >= 0.3 is 18.2 Å². The smallest absolute Gasteiger partial charge is 0.408 e. The molecule has 0 radical (unpaired) electrons. The average molecular weight is 363 g/mol. The quantitative estimate of drug-likeness (QED) is 0.616. The number of urea groups is 1. The Balaban J connectivity index is 1.42. The van der Waals surface area contributed by atoms with Crippen molar-refractivity contribution in [1.82, 2.24) is 15.5 Å². The fourth-order valence-electron chi connectivity index (χ4n) is 3.42. The van der Waals surface area contributed by atoms with Crippen molar-refractivity contribution in [1.29, 1.82) is 0 Å². The number of carbonyl (C=O) groups excluding carboxylic acids is 1. The van der Waals surface area contributed by atoms with E-state index in [4.69, 9.17) is 5.11 Å². The van der Waals surface area contributed by atoms with Gasteiger partial charge in [-0.1, -0.05) is 0 Å². The van der Waals surface area contributed by atoms with Gasteiger partial charge in [-0.2, -0.15) is 13.2 Å². The molecule has 3 aliphatic rings. The molecule has 3 N–H and O–H groups in total. The van der Waals surface area contributed by atoms with Crippen LogP contribution in [0.5, 0.6) is 0 Å². The lowest BCUT2D eigenvalue weighted by atomic mass is 9.85. The summed E-state index contributed by atoms with van der Waals surface area (Å²) < 4.78 is 38.7. The van der Waals surface area contributed by atoms with E-state index in [1.54, 1.807) is 0 Å². The van der Waals surface area contributed by atoms with E-state index >= 15 is 0 Å². The molecule has 25 heavy (non-hydrogen) atoms. The second kappa shape index (κ2) is 7.01.